The quantitative estimate of drug-likeness (QED) is 0.638. The first-order valence-electron chi connectivity index (χ1n) is 9.28. The summed E-state index contributed by atoms with van der Waals surface area (Å²) in [5.41, 5.74) is 0.779. The van der Waals surface area contributed by atoms with E-state index < -0.39 is 0 Å². The summed E-state index contributed by atoms with van der Waals surface area (Å²) in [7, 11) is 0. The molecule has 6 heteroatoms. The molecular formula is C19H32ClN3O2. The Labute approximate surface area is 157 Å². The average Bonchev–Trinajstić information content (AvgIpc) is 2.61. The van der Waals surface area contributed by atoms with E-state index >= 15 is 0 Å². The number of urea groups is 1. The predicted molar refractivity (Wildman–Crippen MR) is 106 cm³/mol. The molecule has 0 aliphatic carbocycles. The van der Waals surface area contributed by atoms with Crippen molar-refractivity contribution in [3.8, 4) is 5.75 Å². The van der Waals surface area contributed by atoms with Crippen LogP contribution in [0.25, 0.3) is 0 Å². The van der Waals surface area contributed by atoms with Crippen molar-refractivity contribution in [2.45, 2.75) is 45.4 Å². The lowest BCUT2D eigenvalue weighted by atomic mass is 10.1. The number of piperidine rings is 1. The number of hydrogen-bond acceptors (Lipinski definition) is 3. The molecular weight excluding hydrogens is 338 g/mol. The molecule has 1 aromatic carbocycles. The summed E-state index contributed by atoms with van der Waals surface area (Å²) >= 11 is 0. The minimum absolute atomic E-state index is 0. The number of halogens is 1. The van der Waals surface area contributed by atoms with Crippen LogP contribution >= 0.6 is 12.4 Å². The Bertz CT molecular complexity index is 476. The van der Waals surface area contributed by atoms with Crippen LogP contribution in [0.1, 0.15) is 45.4 Å². The van der Waals surface area contributed by atoms with Gasteiger partial charge in [0.25, 0.3) is 0 Å². The number of rotatable bonds is 9. The Kier molecular flexibility index (Phi) is 11.1. The Balaban J connectivity index is 0.00000312. The third-order valence-corrected chi connectivity index (χ3v) is 4.31. The number of anilines is 1. The smallest absolute Gasteiger partial charge is 0.319 e. The summed E-state index contributed by atoms with van der Waals surface area (Å²) in [6.45, 7) is 7.06. The fourth-order valence-electron chi connectivity index (χ4n) is 3.00. The van der Waals surface area contributed by atoms with Gasteiger partial charge in [-0.25, -0.2) is 4.79 Å². The van der Waals surface area contributed by atoms with Crippen LogP contribution in [-0.4, -0.2) is 43.7 Å². The molecule has 1 fully saturated rings. The van der Waals surface area contributed by atoms with Gasteiger partial charge in [-0.15, -0.1) is 12.4 Å². The fourth-order valence-corrected chi connectivity index (χ4v) is 3.00. The first-order valence-corrected chi connectivity index (χ1v) is 9.28. The van der Waals surface area contributed by atoms with Gasteiger partial charge in [0.1, 0.15) is 5.75 Å². The molecule has 0 bridgehead atoms. The van der Waals surface area contributed by atoms with E-state index in [1.165, 1.54) is 51.7 Å². The zero-order valence-electron chi connectivity index (χ0n) is 15.3. The first kappa shape index (κ1) is 21.6. The van der Waals surface area contributed by atoms with Crippen molar-refractivity contribution in [2.24, 2.45) is 0 Å². The van der Waals surface area contributed by atoms with Gasteiger partial charge >= 0.3 is 6.03 Å². The highest BCUT2D eigenvalue weighted by Gasteiger charge is 2.08. The number of unbranched alkanes of at least 4 members (excludes halogenated alkanes) is 2. The molecule has 1 aliphatic heterocycles. The molecule has 142 valence electrons. The van der Waals surface area contributed by atoms with Gasteiger partial charge in [0, 0.05) is 12.2 Å². The second-order valence-electron chi connectivity index (χ2n) is 6.30. The second kappa shape index (κ2) is 12.8. The lowest BCUT2D eigenvalue weighted by Crippen LogP contribution is -2.31. The van der Waals surface area contributed by atoms with Gasteiger partial charge in [-0.2, -0.15) is 0 Å². The monoisotopic (exact) mass is 369 g/mol. The van der Waals surface area contributed by atoms with E-state index in [0.29, 0.717) is 6.61 Å². The Morgan fingerprint density at radius 1 is 1.08 bits per heavy atom. The predicted octanol–water partition coefficient (Wildman–Crippen LogP) is 4.28. The number of carbonyl (C=O) groups is 1. The molecule has 25 heavy (non-hydrogen) atoms. The normalized spacial score (nSPS) is 14.4. The number of hydrogen-bond donors (Lipinski definition) is 2. The van der Waals surface area contributed by atoms with Crippen LogP contribution in [0, 0.1) is 0 Å². The third kappa shape index (κ3) is 8.98. The molecule has 1 heterocycles. The Hall–Kier alpha value is -1.46. The van der Waals surface area contributed by atoms with Crippen molar-refractivity contribution >= 4 is 24.1 Å². The molecule has 2 rings (SSSR count). The summed E-state index contributed by atoms with van der Waals surface area (Å²) in [6.07, 6.45) is 7.52. The van der Waals surface area contributed by atoms with Gasteiger partial charge in [-0.05, 0) is 76.5 Å². The minimum atomic E-state index is -0.143. The number of carbonyl (C=O) groups excluding carboxylic acids is 1. The summed E-state index contributed by atoms with van der Waals surface area (Å²) in [6, 6.07) is 7.28. The number of benzene rings is 1. The van der Waals surface area contributed by atoms with E-state index in [1.54, 1.807) is 0 Å². The van der Waals surface area contributed by atoms with E-state index in [1.807, 2.05) is 31.2 Å². The van der Waals surface area contributed by atoms with Crippen LogP contribution in [0.4, 0.5) is 10.5 Å². The standard InChI is InChI=1S/C19H31N3O2.ClH/c1-2-24-18-11-9-17(10-12-18)21-19(23)20-13-5-3-6-14-22-15-7-4-8-16-22;/h9-12H,2-8,13-16H2,1H3,(H2,20,21,23);1H. The van der Waals surface area contributed by atoms with E-state index in [4.69, 9.17) is 4.74 Å². The van der Waals surface area contributed by atoms with Gasteiger partial charge in [0.15, 0.2) is 0 Å². The van der Waals surface area contributed by atoms with Crippen molar-refractivity contribution in [3.63, 3.8) is 0 Å². The highest BCUT2D eigenvalue weighted by molar-refractivity contribution is 5.89. The van der Waals surface area contributed by atoms with Crippen molar-refractivity contribution in [1.82, 2.24) is 10.2 Å². The summed E-state index contributed by atoms with van der Waals surface area (Å²) in [5, 5.41) is 5.75. The minimum Gasteiger partial charge on any atom is -0.494 e. The topological polar surface area (TPSA) is 53.6 Å². The number of ether oxygens (including phenoxy) is 1. The van der Waals surface area contributed by atoms with Crippen LogP contribution in [0.5, 0.6) is 5.75 Å². The maximum Gasteiger partial charge on any atom is 0.319 e. The van der Waals surface area contributed by atoms with Crippen molar-refractivity contribution < 1.29 is 9.53 Å². The van der Waals surface area contributed by atoms with Gasteiger partial charge in [-0.3, -0.25) is 0 Å². The number of likely N-dealkylation sites (tertiary alicyclic amines) is 1. The third-order valence-electron chi connectivity index (χ3n) is 4.31. The molecule has 0 aromatic heterocycles. The molecule has 0 spiro atoms. The summed E-state index contributed by atoms with van der Waals surface area (Å²) in [4.78, 5) is 14.4. The number of amides is 2. The van der Waals surface area contributed by atoms with Crippen molar-refractivity contribution in [3.05, 3.63) is 24.3 Å². The fraction of sp³-hybridized carbons (Fsp3) is 0.632. The SMILES string of the molecule is CCOc1ccc(NC(=O)NCCCCCN2CCCCC2)cc1.Cl. The van der Waals surface area contributed by atoms with Crippen LogP contribution in [0.2, 0.25) is 0 Å². The molecule has 1 aliphatic rings. The van der Waals surface area contributed by atoms with E-state index in [-0.39, 0.29) is 18.4 Å². The zero-order chi connectivity index (χ0) is 17.0. The van der Waals surface area contributed by atoms with Gasteiger partial charge < -0.3 is 20.3 Å². The summed E-state index contributed by atoms with van der Waals surface area (Å²) in [5.74, 6) is 0.817. The average molecular weight is 370 g/mol. The van der Waals surface area contributed by atoms with Crippen LogP contribution in [-0.2, 0) is 0 Å². The van der Waals surface area contributed by atoms with Crippen molar-refractivity contribution in [1.29, 1.82) is 0 Å². The largest absolute Gasteiger partial charge is 0.494 e. The van der Waals surface area contributed by atoms with Gasteiger partial charge in [0.05, 0.1) is 6.61 Å². The van der Waals surface area contributed by atoms with Crippen molar-refractivity contribution in [2.75, 3.05) is 38.1 Å². The molecule has 0 radical (unpaired) electrons. The number of nitrogens with one attached hydrogen (secondary N) is 2. The molecule has 1 aromatic rings. The zero-order valence-corrected chi connectivity index (χ0v) is 16.1. The van der Waals surface area contributed by atoms with Gasteiger partial charge in [0.2, 0.25) is 0 Å². The molecule has 0 unspecified atom stereocenters. The molecule has 0 saturated carbocycles. The van der Waals surface area contributed by atoms with Crippen LogP contribution < -0.4 is 15.4 Å². The molecule has 5 nitrogen and oxygen atoms in total. The van der Waals surface area contributed by atoms with E-state index in [0.717, 1.165) is 24.4 Å². The van der Waals surface area contributed by atoms with Crippen LogP contribution in [0.15, 0.2) is 24.3 Å². The highest BCUT2D eigenvalue weighted by Crippen LogP contribution is 2.15. The van der Waals surface area contributed by atoms with Crippen LogP contribution in [0.3, 0.4) is 0 Å². The molecule has 1 saturated heterocycles. The maximum absolute atomic E-state index is 11.8. The van der Waals surface area contributed by atoms with E-state index in [9.17, 15) is 4.79 Å². The Morgan fingerprint density at radius 2 is 1.80 bits per heavy atom. The number of nitrogens with zero attached hydrogens (tertiary/aromatic N) is 1. The van der Waals surface area contributed by atoms with Gasteiger partial charge in [-0.1, -0.05) is 12.8 Å². The summed E-state index contributed by atoms with van der Waals surface area (Å²) < 4.78 is 5.38. The molecule has 0 atom stereocenters. The lowest BCUT2D eigenvalue weighted by molar-refractivity contribution is 0.224. The Morgan fingerprint density at radius 3 is 2.48 bits per heavy atom. The molecule has 2 amide bonds. The van der Waals surface area contributed by atoms with E-state index in [2.05, 4.69) is 15.5 Å². The second-order valence-corrected chi connectivity index (χ2v) is 6.30. The molecule has 2 N–H and O–H groups in total. The maximum atomic E-state index is 11.8. The lowest BCUT2D eigenvalue weighted by Gasteiger charge is -2.26. The highest BCUT2D eigenvalue weighted by atomic mass is 35.5. The first-order chi connectivity index (χ1) is 11.8.